The number of rotatable bonds is 61. The molecule has 0 saturated heterocycles. The summed E-state index contributed by atoms with van der Waals surface area (Å²) in [4.78, 5) is 38.4. The van der Waals surface area contributed by atoms with Crippen LogP contribution in [0.2, 0.25) is 0 Å². The van der Waals surface area contributed by atoms with Gasteiger partial charge in [-0.15, -0.1) is 0 Å². The Labute approximate surface area is 472 Å². The first-order valence-corrected chi connectivity index (χ1v) is 33.3. The fourth-order valence-electron chi connectivity index (χ4n) is 9.68. The Morgan fingerprint density at radius 3 is 0.737 bits per heavy atom. The summed E-state index contributed by atoms with van der Waals surface area (Å²) >= 11 is 0. The van der Waals surface area contributed by atoms with Gasteiger partial charge in [-0.3, -0.25) is 14.4 Å². The number of carbonyl (C=O) groups excluding carboxylic acids is 3. The molecule has 0 aliphatic rings. The van der Waals surface area contributed by atoms with E-state index in [9.17, 15) is 14.4 Å². The molecule has 0 rings (SSSR count). The van der Waals surface area contributed by atoms with Crippen molar-refractivity contribution in [1.29, 1.82) is 0 Å². The van der Waals surface area contributed by atoms with Crippen molar-refractivity contribution in [3.8, 4) is 0 Å². The highest BCUT2D eigenvalue weighted by atomic mass is 16.6. The molecule has 0 radical (unpaired) electrons. The molecule has 0 aliphatic carbocycles. The van der Waals surface area contributed by atoms with Crippen LogP contribution in [0.5, 0.6) is 0 Å². The van der Waals surface area contributed by atoms with Crippen molar-refractivity contribution in [3.05, 3.63) is 60.8 Å². The van der Waals surface area contributed by atoms with Crippen molar-refractivity contribution in [1.82, 2.24) is 0 Å². The smallest absolute Gasteiger partial charge is 0.306 e. The van der Waals surface area contributed by atoms with E-state index in [0.29, 0.717) is 19.3 Å². The van der Waals surface area contributed by atoms with Gasteiger partial charge in [0, 0.05) is 19.3 Å². The van der Waals surface area contributed by atoms with Gasteiger partial charge in [-0.05, 0) is 109 Å². The number of hydrogen-bond acceptors (Lipinski definition) is 6. The largest absolute Gasteiger partial charge is 0.462 e. The van der Waals surface area contributed by atoms with Crippen molar-refractivity contribution in [2.24, 2.45) is 0 Å². The number of allylic oxidation sites excluding steroid dienone is 10. The second-order valence-electron chi connectivity index (χ2n) is 22.4. The third-order valence-electron chi connectivity index (χ3n) is 14.7. The summed E-state index contributed by atoms with van der Waals surface area (Å²) in [6, 6.07) is 0. The van der Waals surface area contributed by atoms with E-state index < -0.39 is 6.10 Å². The molecular weight excluding hydrogens is 937 g/mol. The molecule has 0 aliphatic heterocycles. The molecular formula is C70H126O6. The van der Waals surface area contributed by atoms with Crippen molar-refractivity contribution in [2.45, 2.75) is 354 Å². The quantitative estimate of drug-likeness (QED) is 0.0261. The molecule has 0 aromatic heterocycles. The molecule has 0 saturated carbocycles. The number of hydrogen-bond donors (Lipinski definition) is 0. The molecule has 76 heavy (non-hydrogen) atoms. The van der Waals surface area contributed by atoms with Crippen LogP contribution in [0, 0.1) is 0 Å². The van der Waals surface area contributed by atoms with Crippen molar-refractivity contribution in [3.63, 3.8) is 0 Å². The minimum absolute atomic E-state index is 0.0776. The average Bonchev–Trinajstić information content (AvgIpc) is 3.42. The Hall–Kier alpha value is -2.89. The standard InChI is InChI=1S/C70H126O6/c1-4-7-10-13-16-19-22-25-28-30-32-34-35-37-38-40-42-45-48-51-54-57-60-63-69(72)75-66-67(65-74-68(71)62-59-56-53-50-47-44-27-24-21-18-15-12-9-6-3)76-70(73)64-61-58-55-52-49-46-43-41-39-36-33-31-29-26-23-20-17-14-11-8-5-2/h22-27,30-33,67H,4-21,28-29,34-66H2,1-3H3/b25-22-,26-23-,27-24-,32-30-,33-31-. The Morgan fingerprint density at radius 1 is 0.263 bits per heavy atom. The number of esters is 3. The van der Waals surface area contributed by atoms with Gasteiger partial charge < -0.3 is 14.2 Å². The fourth-order valence-corrected chi connectivity index (χ4v) is 9.68. The number of ether oxygens (including phenoxy) is 3. The third kappa shape index (κ3) is 62.0. The van der Waals surface area contributed by atoms with Crippen LogP contribution in [-0.4, -0.2) is 37.2 Å². The van der Waals surface area contributed by atoms with Crippen LogP contribution in [-0.2, 0) is 28.6 Å². The van der Waals surface area contributed by atoms with Gasteiger partial charge in [0.25, 0.3) is 0 Å². The lowest BCUT2D eigenvalue weighted by Gasteiger charge is -2.18. The predicted octanol–water partition coefficient (Wildman–Crippen LogP) is 22.7. The normalized spacial score (nSPS) is 12.4. The van der Waals surface area contributed by atoms with E-state index in [1.807, 2.05) is 0 Å². The summed E-state index contributed by atoms with van der Waals surface area (Å²) in [7, 11) is 0. The highest BCUT2D eigenvalue weighted by molar-refractivity contribution is 5.71. The third-order valence-corrected chi connectivity index (χ3v) is 14.7. The zero-order valence-corrected chi connectivity index (χ0v) is 50.8. The van der Waals surface area contributed by atoms with Crippen molar-refractivity contribution in [2.75, 3.05) is 13.2 Å². The lowest BCUT2D eigenvalue weighted by molar-refractivity contribution is -0.167. The molecule has 1 unspecified atom stereocenters. The summed E-state index contributed by atoms with van der Waals surface area (Å²) in [6.45, 7) is 6.64. The molecule has 0 heterocycles. The average molecular weight is 1060 g/mol. The molecule has 6 heteroatoms. The summed E-state index contributed by atoms with van der Waals surface area (Å²) in [5.41, 5.74) is 0. The van der Waals surface area contributed by atoms with Crippen LogP contribution in [0.4, 0.5) is 0 Å². The number of unbranched alkanes of at least 4 members (excludes halogenated alkanes) is 40. The molecule has 0 aromatic carbocycles. The van der Waals surface area contributed by atoms with Gasteiger partial charge >= 0.3 is 17.9 Å². The summed E-state index contributed by atoms with van der Waals surface area (Å²) in [5, 5.41) is 0. The number of carbonyl (C=O) groups is 3. The summed E-state index contributed by atoms with van der Waals surface area (Å²) in [6.07, 6.45) is 82.3. The van der Waals surface area contributed by atoms with Gasteiger partial charge in [0.1, 0.15) is 13.2 Å². The molecule has 0 bridgehead atoms. The Balaban J connectivity index is 4.33. The molecule has 0 N–H and O–H groups in total. The highest BCUT2D eigenvalue weighted by Gasteiger charge is 2.19. The first-order chi connectivity index (χ1) is 37.5. The molecule has 0 fully saturated rings. The lowest BCUT2D eigenvalue weighted by Crippen LogP contribution is -2.30. The second kappa shape index (κ2) is 64.6. The first kappa shape index (κ1) is 73.1. The van der Waals surface area contributed by atoms with Gasteiger partial charge in [0.15, 0.2) is 6.10 Å². The Bertz CT molecular complexity index is 1360. The topological polar surface area (TPSA) is 78.9 Å². The summed E-state index contributed by atoms with van der Waals surface area (Å²) in [5.74, 6) is -0.874. The van der Waals surface area contributed by atoms with Crippen LogP contribution < -0.4 is 0 Å². The second-order valence-corrected chi connectivity index (χ2v) is 22.4. The van der Waals surface area contributed by atoms with Crippen LogP contribution in [0.3, 0.4) is 0 Å². The Morgan fingerprint density at radius 2 is 0.474 bits per heavy atom. The monoisotopic (exact) mass is 1060 g/mol. The molecule has 0 spiro atoms. The maximum Gasteiger partial charge on any atom is 0.306 e. The molecule has 442 valence electrons. The van der Waals surface area contributed by atoms with E-state index in [1.165, 1.54) is 231 Å². The predicted molar refractivity (Wildman–Crippen MR) is 330 cm³/mol. The van der Waals surface area contributed by atoms with Gasteiger partial charge in [0.05, 0.1) is 0 Å². The van der Waals surface area contributed by atoms with Gasteiger partial charge in [0.2, 0.25) is 0 Å². The van der Waals surface area contributed by atoms with Crippen LogP contribution in [0.25, 0.3) is 0 Å². The van der Waals surface area contributed by atoms with Crippen molar-refractivity contribution >= 4 is 17.9 Å². The summed E-state index contributed by atoms with van der Waals surface area (Å²) < 4.78 is 17.0. The van der Waals surface area contributed by atoms with Crippen LogP contribution in [0.15, 0.2) is 60.8 Å². The maximum absolute atomic E-state index is 12.9. The van der Waals surface area contributed by atoms with Gasteiger partial charge in [-0.1, -0.05) is 281 Å². The fraction of sp³-hybridized carbons (Fsp3) is 0.814. The highest BCUT2D eigenvalue weighted by Crippen LogP contribution is 2.17. The van der Waals surface area contributed by atoms with E-state index in [-0.39, 0.29) is 31.1 Å². The Kier molecular flexibility index (Phi) is 62.2. The molecule has 6 nitrogen and oxygen atoms in total. The lowest BCUT2D eigenvalue weighted by atomic mass is 10.0. The minimum atomic E-state index is -0.782. The van der Waals surface area contributed by atoms with E-state index >= 15 is 0 Å². The van der Waals surface area contributed by atoms with E-state index in [4.69, 9.17) is 14.2 Å². The molecule has 0 aromatic rings. The van der Waals surface area contributed by atoms with Gasteiger partial charge in [-0.2, -0.15) is 0 Å². The van der Waals surface area contributed by atoms with Gasteiger partial charge in [-0.25, -0.2) is 0 Å². The zero-order chi connectivity index (χ0) is 55.0. The van der Waals surface area contributed by atoms with Crippen molar-refractivity contribution < 1.29 is 28.6 Å². The molecule has 0 amide bonds. The van der Waals surface area contributed by atoms with Crippen LogP contribution in [0.1, 0.15) is 348 Å². The van der Waals surface area contributed by atoms with E-state index in [0.717, 1.165) is 77.0 Å². The minimum Gasteiger partial charge on any atom is -0.462 e. The van der Waals surface area contributed by atoms with Crippen LogP contribution >= 0.6 is 0 Å². The maximum atomic E-state index is 12.9. The SMILES string of the molecule is CCCCCCC/C=C\C/C=C\CCCCCCCCCCCCCC(=O)OCC(COC(=O)CCCCCCC/C=C\CCCCCCC)OC(=O)CCCCCCCCCCC/C=C\C/C=C\CCCCCCC. The first-order valence-electron chi connectivity index (χ1n) is 33.3. The van der Waals surface area contributed by atoms with E-state index in [2.05, 4.69) is 81.5 Å². The van der Waals surface area contributed by atoms with E-state index in [1.54, 1.807) is 0 Å². The zero-order valence-electron chi connectivity index (χ0n) is 50.8. The molecule has 1 atom stereocenters.